The summed E-state index contributed by atoms with van der Waals surface area (Å²) in [6.45, 7) is 0. The number of methoxy groups -OCH3 is 1. The van der Waals surface area contributed by atoms with Gasteiger partial charge in [0.05, 0.1) is 12.7 Å². The monoisotopic (exact) mass is 551 g/mol. The summed E-state index contributed by atoms with van der Waals surface area (Å²) < 4.78 is 120. The zero-order valence-corrected chi connectivity index (χ0v) is 18.6. The van der Waals surface area contributed by atoms with E-state index in [4.69, 9.17) is 10.5 Å². The Bertz CT molecular complexity index is 1390. The van der Waals surface area contributed by atoms with Gasteiger partial charge in [-0.3, -0.25) is 14.6 Å². The Morgan fingerprint density at radius 2 is 1.55 bits per heavy atom. The van der Waals surface area contributed by atoms with Gasteiger partial charge in [-0.05, 0) is 36.4 Å². The quantitative estimate of drug-likeness (QED) is 0.379. The van der Waals surface area contributed by atoms with E-state index in [-0.39, 0.29) is 17.4 Å². The van der Waals surface area contributed by atoms with Crippen LogP contribution >= 0.6 is 0 Å². The number of aromatic nitrogens is 1. The number of alkyl halides is 6. The average Bonchev–Trinajstić information content (AvgIpc) is 2.79. The molecule has 16 heteroatoms. The number of nitrogens with zero attached hydrogens (tertiary/aromatic N) is 1. The number of carbonyl (C=O) groups is 2. The highest BCUT2D eigenvalue weighted by molar-refractivity contribution is 6.07. The van der Waals surface area contributed by atoms with Gasteiger partial charge in [0, 0.05) is 11.9 Å². The summed E-state index contributed by atoms with van der Waals surface area (Å²) in [7, 11) is 0.823. The fourth-order valence-corrected chi connectivity index (χ4v) is 3.02. The van der Waals surface area contributed by atoms with Gasteiger partial charge in [-0.15, -0.1) is 13.2 Å². The number of primary amides is 1. The molecule has 0 unspecified atom stereocenters. The van der Waals surface area contributed by atoms with Crippen LogP contribution in [0.3, 0.4) is 0 Å². The summed E-state index contributed by atoms with van der Waals surface area (Å²) >= 11 is 0. The normalized spacial score (nSPS) is 11.6. The number of ether oxygens (including phenoxy) is 3. The van der Waals surface area contributed by atoms with E-state index >= 15 is 4.39 Å². The summed E-state index contributed by atoms with van der Waals surface area (Å²) in [5, 5.41) is 2.05. The van der Waals surface area contributed by atoms with E-state index in [0.717, 1.165) is 25.4 Å². The van der Waals surface area contributed by atoms with Crippen molar-refractivity contribution in [2.75, 3.05) is 12.4 Å². The first kappa shape index (κ1) is 27.9. The largest absolute Gasteiger partial charge is 0.573 e. The van der Waals surface area contributed by atoms with E-state index in [1.807, 2.05) is 5.32 Å². The Morgan fingerprint density at radius 3 is 2.13 bits per heavy atom. The first-order valence-corrected chi connectivity index (χ1v) is 9.89. The second-order valence-corrected chi connectivity index (χ2v) is 7.11. The van der Waals surface area contributed by atoms with Gasteiger partial charge in [0.25, 0.3) is 11.8 Å². The molecule has 3 rings (SSSR count). The number of nitrogens with two attached hydrogens (primary N) is 1. The van der Waals surface area contributed by atoms with E-state index < -0.39 is 70.1 Å². The maximum absolute atomic E-state index is 15.0. The molecule has 0 spiro atoms. The number of hydrogen-bond donors (Lipinski definition) is 2. The molecule has 0 aliphatic rings. The molecule has 0 fully saturated rings. The summed E-state index contributed by atoms with van der Waals surface area (Å²) in [6.07, 6.45) is -9.51. The zero-order valence-electron chi connectivity index (χ0n) is 18.6. The van der Waals surface area contributed by atoms with Gasteiger partial charge >= 0.3 is 12.5 Å². The van der Waals surface area contributed by atoms with Gasteiger partial charge < -0.3 is 25.3 Å². The summed E-state index contributed by atoms with van der Waals surface area (Å²) in [6, 6.07) is 3.95. The second kappa shape index (κ2) is 10.4. The number of rotatable bonds is 7. The molecule has 38 heavy (non-hydrogen) atoms. The molecule has 0 aliphatic carbocycles. The highest BCUT2D eigenvalue weighted by atomic mass is 19.4. The average molecular weight is 551 g/mol. The molecule has 0 atom stereocenters. The molecule has 2 amide bonds. The molecule has 0 saturated heterocycles. The lowest BCUT2D eigenvalue weighted by atomic mass is 10.1. The maximum atomic E-state index is 15.0. The number of carbonyl (C=O) groups excluding carboxylic acids is 2. The number of nitrogens with one attached hydrogen (secondary N) is 1. The van der Waals surface area contributed by atoms with Gasteiger partial charge in [0.2, 0.25) is 11.6 Å². The van der Waals surface area contributed by atoms with Gasteiger partial charge in [0.1, 0.15) is 17.0 Å². The minimum Gasteiger partial charge on any atom is -0.490 e. The molecule has 0 radical (unpaired) electrons. The topological polar surface area (TPSA) is 113 Å². The minimum atomic E-state index is -5.28. The van der Waals surface area contributed by atoms with Crippen LogP contribution in [-0.4, -0.2) is 30.3 Å². The molecule has 2 aromatic carbocycles. The Morgan fingerprint density at radius 1 is 0.921 bits per heavy atom. The van der Waals surface area contributed by atoms with Gasteiger partial charge in [-0.1, -0.05) is 0 Å². The van der Waals surface area contributed by atoms with E-state index in [1.165, 1.54) is 0 Å². The fraction of sp³-hybridized carbons (Fsp3) is 0.136. The van der Waals surface area contributed by atoms with E-state index in [2.05, 4.69) is 14.5 Å². The lowest BCUT2D eigenvalue weighted by molar-refractivity contribution is -0.275. The van der Waals surface area contributed by atoms with Crippen molar-refractivity contribution in [3.05, 3.63) is 71.1 Å². The van der Waals surface area contributed by atoms with Gasteiger partial charge in [-0.25, -0.2) is 4.39 Å². The van der Waals surface area contributed by atoms with Crippen LogP contribution in [0.15, 0.2) is 42.6 Å². The Balaban J connectivity index is 2.09. The van der Waals surface area contributed by atoms with Gasteiger partial charge in [-0.2, -0.15) is 17.6 Å². The van der Waals surface area contributed by atoms with Crippen molar-refractivity contribution < 1.29 is 58.9 Å². The highest BCUT2D eigenvalue weighted by Gasteiger charge is 2.38. The molecular formula is C22H13F8N3O5. The van der Waals surface area contributed by atoms with Crippen molar-refractivity contribution in [1.29, 1.82) is 0 Å². The number of benzene rings is 2. The molecule has 1 heterocycles. The van der Waals surface area contributed by atoms with Crippen LogP contribution < -0.4 is 25.3 Å². The summed E-state index contributed by atoms with van der Waals surface area (Å²) in [5.74, 6) is -10.3. The Hall–Kier alpha value is -4.63. The van der Waals surface area contributed by atoms with Crippen molar-refractivity contribution >= 4 is 17.5 Å². The van der Waals surface area contributed by atoms with E-state index in [0.29, 0.717) is 18.2 Å². The molecule has 3 aromatic rings. The van der Waals surface area contributed by atoms with Crippen LogP contribution in [0.1, 0.15) is 26.4 Å². The van der Waals surface area contributed by atoms with Crippen molar-refractivity contribution in [1.82, 2.24) is 4.98 Å². The van der Waals surface area contributed by atoms with Crippen LogP contribution in [0.5, 0.6) is 23.0 Å². The van der Waals surface area contributed by atoms with Crippen LogP contribution in [0, 0.1) is 11.6 Å². The number of amides is 2. The van der Waals surface area contributed by atoms with Crippen LogP contribution in [0.4, 0.5) is 40.8 Å². The molecule has 8 nitrogen and oxygen atoms in total. The maximum Gasteiger partial charge on any atom is 0.573 e. The third-order valence-corrected chi connectivity index (χ3v) is 4.58. The Labute approximate surface area is 206 Å². The molecule has 0 aliphatic heterocycles. The number of pyridine rings is 1. The highest BCUT2D eigenvalue weighted by Crippen LogP contribution is 2.42. The first-order valence-electron chi connectivity index (χ1n) is 9.89. The number of hydrogen-bond acceptors (Lipinski definition) is 6. The predicted molar refractivity (Wildman–Crippen MR) is 112 cm³/mol. The van der Waals surface area contributed by atoms with E-state index in [9.17, 15) is 40.3 Å². The molecule has 1 aromatic heterocycles. The SMILES string of the molecule is COc1c(Oc2ccc(C(F)(F)F)c(F)c2C(=O)Nc2ccnc(C(N)=O)c2)ccc(OC(F)(F)F)c1F. The van der Waals surface area contributed by atoms with Crippen LogP contribution in [-0.2, 0) is 6.18 Å². The molecule has 0 saturated carbocycles. The smallest absolute Gasteiger partial charge is 0.490 e. The van der Waals surface area contributed by atoms with Crippen molar-refractivity contribution in [3.63, 3.8) is 0 Å². The van der Waals surface area contributed by atoms with Crippen LogP contribution in [0.25, 0.3) is 0 Å². The summed E-state index contributed by atoms with van der Waals surface area (Å²) in [5.41, 5.74) is 1.32. The fourth-order valence-electron chi connectivity index (χ4n) is 3.02. The lowest BCUT2D eigenvalue weighted by Gasteiger charge is -2.18. The lowest BCUT2D eigenvalue weighted by Crippen LogP contribution is -2.20. The minimum absolute atomic E-state index is 0.223. The van der Waals surface area contributed by atoms with Crippen molar-refractivity contribution in [2.45, 2.75) is 12.5 Å². The first-order chi connectivity index (χ1) is 17.6. The molecular weight excluding hydrogens is 538 g/mol. The molecule has 3 N–H and O–H groups in total. The molecule has 202 valence electrons. The predicted octanol–water partition coefficient (Wildman–Crippen LogP) is 5.43. The van der Waals surface area contributed by atoms with Gasteiger partial charge in [0.15, 0.2) is 17.3 Å². The van der Waals surface area contributed by atoms with Crippen molar-refractivity contribution in [2.24, 2.45) is 5.73 Å². The van der Waals surface area contributed by atoms with Crippen LogP contribution in [0.2, 0.25) is 0 Å². The third-order valence-electron chi connectivity index (χ3n) is 4.58. The van der Waals surface area contributed by atoms with Crippen molar-refractivity contribution in [3.8, 4) is 23.0 Å². The number of halogens is 8. The number of anilines is 1. The van der Waals surface area contributed by atoms with E-state index in [1.54, 1.807) is 0 Å². The molecule has 0 bridgehead atoms. The third kappa shape index (κ3) is 6.19. The second-order valence-electron chi connectivity index (χ2n) is 7.11. The zero-order chi connectivity index (χ0) is 28.4. The Kier molecular flexibility index (Phi) is 7.64. The standard InChI is InChI=1S/C22H13F8N3O5/c1-36-18-14(5-4-13(17(18)24)38-22(28,29)30)37-12-3-2-10(21(25,26)27)16(23)15(12)20(35)33-9-6-7-32-11(8-9)19(31)34/h2-8H,1H3,(H2,31,34)(H,32,33,35). The summed E-state index contributed by atoms with van der Waals surface area (Å²) in [4.78, 5) is 27.8.